The van der Waals surface area contributed by atoms with Crippen molar-refractivity contribution in [2.24, 2.45) is 7.05 Å². The highest BCUT2D eigenvalue weighted by Crippen LogP contribution is 2.28. The summed E-state index contributed by atoms with van der Waals surface area (Å²) in [4.78, 5) is 0. The van der Waals surface area contributed by atoms with E-state index in [4.69, 9.17) is 0 Å². The van der Waals surface area contributed by atoms with Crippen molar-refractivity contribution < 1.29 is 8.42 Å². The molecule has 0 radical (unpaired) electrons. The number of sulfone groups is 1. The fourth-order valence-electron chi connectivity index (χ4n) is 2.64. The third-order valence-corrected chi connectivity index (χ3v) is 5.19. The van der Waals surface area contributed by atoms with E-state index in [1.54, 1.807) is 0 Å². The number of aromatic nitrogens is 1. The molecule has 2 heterocycles. The molecule has 4 nitrogen and oxygen atoms in total. The molecule has 1 aliphatic rings. The summed E-state index contributed by atoms with van der Waals surface area (Å²) in [5.74, 6) is 0.440. The van der Waals surface area contributed by atoms with E-state index in [1.165, 1.54) is 0 Å². The smallest absolute Gasteiger partial charge is 0.153 e. The van der Waals surface area contributed by atoms with Crippen LogP contribution >= 0.6 is 0 Å². The molecule has 1 aromatic heterocycles. The number of nitrogens with one attached hydrogen (secondary N) is 1. The average molecular weight is 264 g/mol. The molecule has 0 spiro atoms. The molecule has 5 heteroatoms. The van der Waals surface area contributed by atoms with Crippen molar-refractivity contribution in [1.82, 2.24) is 9.88 Å². The van der Waals surface area contributed by atoms with Gasteiger partial charge in [0, 0.05) is 36.7 Å². The monoisotopic (exact) mass is 264 g/mol. The van der Waals surface area contributed by atoms with E-state index in [-0.39, 0.29) is 17.5 Å². The quantitative estimate of drug-likeness (QED) is 0.843. The van der Waals surface area contributed by atoms with E-state index in [0.717, 1.165) is 16.5 Å². The first-order chi connectivity index (χ1) is 8.57. The lowest BCUT2D eigenvalue weighted by molar-refractivity contribution is 0.532. The molecule has 1 aromatic carbocycles. The van der Waals surface area contributed by atoms with Crippen LogP contribution in [0.3, 0.4) is 0 Å². The van der Waals surface area contributed by atoms with Gasteiger partial charge in [-0.15, -0.1) is 0 Å². The van der Waals surface area contributed by atoms with Gasteiger partial charge in [0.15, 0.2) is 9.84 Å². The van der Waals surface area contributed by atoms with Crippen molar-refractivity contribution in [2.75, 3.05) is 18.1 Å². The Labute approximate surface area is 107 Å². The van der Waals surface area contributed by atoms with Crippen molar-refractivity contribution in [3.05, 3.63) is 36.0 Å². The first kappa shape index (κ1) is 11.7. The number of rotatable bonds is 1. The van der Waals surface area contributed by atoms with Gasteiger partial charge in [-0.3, -0.25) is 0 Å². The molecule has 96 valence electrons. The average Bonchev–Trinajstić information content (AvgIpc) is 2.66. The molecule has 0 aliphatic carbocycles. The lowest BCUT2D eigenvalue weighted by atomic mass is 10.1. The third kappa shape index (κ3) is 1.93. The Morgan fingerprint density at radius 2 is 2.11 bits per heavy atom. The van der Waals surface area contributed by atoms with Gasteiger partial charge in [-0.2, -0.15) is 0 Å². The second-order valence-corrected chi connectivity index (χ2v) is 7.06. The summed E-state index contributed by atoms with van der Waals surface area (Å²) in [6.07, 6.45) is 2.03. The number of nitrogens with zero attached hydrogens (tertiary/aromatic N) is 1. The van der Waals surface area contributed by atoms with E-state index >= 15 is 0 Å². The van der Waals surface area contributed by atoms with E-state index < -0.39 is 9.84 Å². The number of para-hydroxylation sites is 1. The molecule has 1 aliphatic heterocycles. The number of hydrogen-bond acceptors (Lipinski definition) is 3. The Morgan fingerprint density at radius 1 is 1.33 bits per heavy atom. The Kier molecular flexibility index (Phi) is 2.68. The SMILES string of the molecule is Cn1cc(C2CS(=O)(=O)CCN2)c2ccccc21. The van der Waals surface area contributed by atoms with Crippen LogP contribution in [-0.2, 0) is 16.9 Å². The fraction of sp³-hybridized carbons (Fsp3) is 0.385. The summed E-state index contributed by atoms with van der Waals surface area (Å²) < 4.78 is 25.5. The lowest BCUT2D eigenvalue weighted by Crippen LogP contribution is -2.39. The number of hydrogen-bond donors (Lipinski definition) is 1. The van der Waals surface area contributed by atoms with Crippen LogP contribution in [0.1, 0.15) is 11.6 Å². The maximum Gasteiger partial charge on any atom is 0.153 e. The van der Waals surface area contributed by atoms with Gasteiger partial charge in [-0.25, -0.2) is 8.42 Å². The molecule has 2 aromatic rings. The van der Waals surface area contributed by atoms with Crippen LogP contribution in [0, 0.1) is 0 Å². The van der Waals surface area contributed by atoms with Crippen molar-refractivity contribution in [3.8, 4) is 0 Å². The minimum Gasteiger partial charge on any atom is -0.350 e. The molecular weight excluding hydrogens is 248 g/mol. The van der Waals surface area contributed by atoms with Crippen molar-refractivity contribution in [1.29, 1.82) is 0 Å². The van der Waals surface area contributed by atoms with Gasteiger partial charge in [-0.05, 0) is 11.6 Å². The van der Waals surface area contributed by atoms with Crippen LogP contribution in [0.5, 0.6) is 0 Å². The van der Waals surface area contributed by atoms with Crippen molar-refractivity contribution >= 4 is 20.7 Å². The molecule has 3 rings (SSSR count). The molecule has 0 saturated carbocycles. The Morgan fingerprint density at radius 3 is 2.89 bits per heavy atom. The van der Waals surface area contributed by atoms with Crippen LogP contribution in [0.2, 0.25) is 0 Å². The minimum absolute atomic E-state index is 0.0881. The van der Waals surface area contributed by atoms with E-state index in [9.17, 15) is 8.42 Å². The molecule has 18 heavy (non-hydrogen) atoms. The first-order valence-corrected chi connectivity index (χ1v) is 7.87. The van der Waals surface area contributed by atoms with Crippen molar-refractivity contribution in [3.63, 3.8) is 0 Å². The Hall–Kier alpha value is -1.33. The van der Waals surface area contributed by atoms with Gasteiger partial charge < -0.3 is 9.88 Å². The zero-order valence-corrected chi connectivity index (χ0v) is 11.1. The van der Waals surface area contributed by atoms with Gasteiger partial charge >= 0.3 is 0 Å². The van der Waals surface area contributed by atoms with Gasteiger partial charge in [-0.1, -0.05) is 18.2 Å². The van der Waals surface area contributed by atoms with E-state index in [1.807, 2.05) is 36.0 Å². The van der Waals surface area contributed by atoms with E-state index in [2.05, 4.69) is 11.4 Å². The molecule has 1 fully saturated rings. The topological polar surface area (TPSA) is 51.1 Å². The minimum atomic E-state index is -2.91. The van der Waals surface area contributed by atoms with Gasteiger partial charge in [0.1, 0.15) is 0 Å². The summed E-state index contributed by atoms with van der Waals surface area (Å²) in [5, 5.41) is 4.44. The molecule has 0 bridgehead atoms. The third-order valence-electron chi connectivity index (χ3n) is 3.53. The van der Waals surface area contributed by atoms with Crippen molar-refractivity contribution in [2.45, 2.75) is 6.04 Å². The molecule has 1 unspecified atom stereocenters. The maximum atomic E-state index is 11.7. The zero-order valence-electron chi connectivity index (χ0n) is 10.3. The molecule has 1 saturated heterocycles. The second-order valence-electron chi connectivity index (χ2n) is 4.83. The summed E-state index contributed by atoms with van der Waals surface area (Å²) in [7, 11) is -0.922. The predicted molar refractivity (Wildman–Crippen MR) is 72.3 cm³/mol. The largest absolute Gasteiger partial charge is 0.350 e. The van der Waals surface area contributed by atoms with Crippen LogP contribution in [-0.4, -0.2) is 31.0 Å². The normalized spacial score (nSPS) is 23.3. The van der Waals surface area contributed by atoms with Crippen LogP contribution in [0.4, 0.5) is 0 Å². The number of aryl methyl sites for hydroxylation is 1. The predicted octanol–water partition coefficient (Wildman–Crippen LogP) is 1.24. The van der Waals surface area contributed by atoms with Gasteiger partial charge in [0.2, 0.25) is 0 Å². The van der Waals surface area contributed by atoms with E-state index in [0.29, 0.717) is 6.54 Å². The zero-order chi connectivity index (χ0) is 12.8. The number of fused-ring (bicyclic) bond motifs is 1. The summed E-state index contributed by atoms with van der Waals surface area (Å²) in [6.45, 7) is 0.538. The second kappa shape index (κ2) is 4.10. The maximum absolute atomic E-state index is 11.7. The first-order valence-electron chi connectivity index (χ1n) is 6.04. The molecule has 1 atom stereocenters. The molecule has 0 amide bonds. The van der Waals surface area contributed by atoms with Gasteiger partial charge in [0.25, 0.3) is 0 Å². The molecular formula is C13H16N2O2S. The highest BCUT2D eigenvalue weighted by Gasteiger charge is 2.27. The highest BCUT2D eigenvalue weighted by molar-refractivity contribution is 7.91. The van der Waals surface area contributed by atoms with Gasteiger partial charge in [0.05, 0.1) is 11.5 Å². The number of benzene rings is 1. The standard InChI is InChI=1S/C13H16N2O2S/c1-15-8-11(10-4-2-3-5-13(10)15)12-9-18(16,17)7-6-14-12/h2-5,8,12,14H,6-7,9H2,1H3. The van der Waals surface area contributed by atoms with Crippen LogP contribution < -0.4 is 5.32 Å². The van der Waals surface area contributed by atoms with Crippen LogP contribution in [0.25, 0.3) is 10.9 Å². The fourth-order valence-corrected chi connectivity index (χ4v) is 4.04. The summed E-state index contributed by atoms with van der Waals surface area (Å²) >= 11 is 0. The van der Waals surface area contributed by atoms with Crippen LogP contribution in [0.15, 0.2) is 30.5 Å². The Balaban J connectivity index is 2.09. The Bertz CT molecular complexity index is 688. The lowest BCUT2D eigenvalue weighted by Gasteiger charge is -2.23. The highest BCUT2D eigenvalue weighted by atomic mass is 32.2. The summed E-state index contributed by atoms with van der Waals surface area (Å²) in [6, 6.07) is 8.00. The molecule has 1 N–H and O–H groups in total. The summed E-state index contributed by atoms with van der Waals surface area (Å²) in [5.41, 5.74) is 2.22.